The zero-order chi connectivity index (χ0) is 13.0. The largest absolute Gasteiger partial charge is 0.456 e. The molecule has 18 heavy (non-hydrogen) atoms. The Morgan fingerprint density at radius 2 is 1.89 bits per heavy atom. The highest BCUT2D eigenvalue weighted by atomic mass is 79.9. The number of halogens is 2. The molecular formula is C14H9BrClNO. The van der Waals surface area contributed by atoms with E-state index in [2.05, 4.69) is 22.0 Å². The Labute approximate surface area is 119 Å². The minimum absolute atomic E-state index is 0.382. The third-order valence-corrected chi connectivity index (χ3v) is 3.20. The lowest BCUT2D eigenvalue weighted by Crippen LogP contribution is -1.90. The lowest BCUT2D eigenvalue weighted by molar-refractivity contribution is 0.481. The molecule has 0 amide bonds. The normalized spacial score (nSPS) is 9.83. The average molecular weight is 323 g/mol. The number of alkyl halides is 1. The van der Waals surface area contributed by atoms with Gasteiger partial charge in [0.25, 0.3) is 0 Å². The molecule has 2 nitrogen and oxygen atoms in total. The summed E-state index contributed by atoms with van der Waals surface area (Å²) >= 11 is 9.09. The number of nitriles is 1. The Morgan fingerprint density at radius 3 is 2.50 bits per heavy atom. The summed E-state index contributed by atoms with van der Waals surface area (Å²) in [5, 5.41) is 9.08. The second-order valence-corrected chi connectivity index (χ2v) is 4.81. The molecule has 0 radical (unpaired) electrons. The Hall–Kier alpha value is -1.50. The van der Waals surface area contributed by atoms with Gasteiger partial charge in [-0.25, -0.2) is 0 Å². The third kappa shape index (κ3) is 3.04. The fourth-order valence-corrected chi connectivity index (χ4v) is 1.90. The number of benzene rings is 2. The van der Waals surface area contributed by atoms with E-state index in [4.69, 9.17) is 21.6 Å². The predicted molar refractivity (Wildman–Crippen MR) is 74.9 cm³/mol. The van der Waals surface area contributed by atoms with Gasteiger partial charge < -0.3 is 4.74 Å². The first kappa shape index (κ1) is 12.9. The van der Waals surface area contributed by atoms with E-state index in [0.717, 1.165) is 10.0 Å². The van der Waals surface area contributed by atoms with Crippen molar-refractivity contribution in [1.82, 2.24) is 0 Å². The molecule has 2 aromatic carbocycles. The van der Waals surface area contributed by atoms with Gasteiger partial charge in [-0.1, -0.05) is 22.0 Å². The summed E-state index contributed by atoms with van der Waals surface area (Å²) in [4.78, 5) is 0. The third-order valence-electron chi connectivity index (χ3n) is 2.36. The molecule has 0 bridgehead atoms. The highest BCUT2D eigenvalue weighted by molar-refractivity contribution is 9.10. The Balaban J connectivity index is 2.29. The van der Waals surface area contributed by atoms with Gasteiger partial charge >= 0.3 is 0 Å². The maximum absolute atomic E-state index is 9.08. The van der Waals surface area contributed by atoms with E-state index in [-0.39, 0.29) is 0 Å². The summed E-state index contributed by atoms with van der Waals surface area (Å²) in [6.45, 7) is 0. The lowest BCUT2D eigenvalue weighted by Gasteiger charge is -2.08. The van der Waals surface area contributed by atoms with Crippen molar-refractivity contribution in [2.24, 2.45) is 0 Å². The van der Waals surface area contributed by atoms with Crippen molar-refractivity contribution >= 4 is 27.5 Å². The van der Waals surface area contributed by atoms with Crippen molar-refractivity contribution in [3.8, 4) is 17.6 Å². The van der Waals surface area contributed by atoms with E-state index >= 15 is 0 Å². The molecule has 0 aliphatic carbocycles. The van der Waals surface area contributed by atoms with Crippen LogP contribution in [-0.2, 0) is 5.88 Å². The first-order valence-corrected chi connectivity index (χ1v) is 6.58. The van der Waals surface area contributed by atoms with Gasteiger partial charge in [-0.3, -0.25) is 0 Å². The van der Waals surface area contributed by atoms with Crippen LogP contribution in [0.25, 0.3) is 0 Å². The molecule has 0 atom stereocenters. The van der Waals surface area contributed by atoms with Crippen molar-refractivity contribution in [1.29, 1.82) is 5.26 Å². The molecule has 0 spiro atoms. The van der Waals surface area contributed by atoms with Crippen molar-refractivity contribution < 1.29 is 4.74 Å². The van der Waals surface area contributed by atoms with Crippen LogP contribution < -0.4 is 4.74 Å². The minimum Gasteiger partial charge on any atom is -0.456 e. The topological polar surface area (TPSA) is 33.0 Å². The van der Waals surface area contributed by atoms with E-state index < -0.39 is 0 Å². The highest BCUT2D eigenvalue weighted by Crippen LogP contribution is 2.27. The van der Waals surface area contributed by atoms with E-state index in [0.29, 0.717) is 22.9 Å². The fourth-order valence-electron chi connectivity index (χ4n) is 1.47. The molecule has 0 unspecified atom stereocenters. The van der Waals surface area contributed by atoms with E-state index in [1.807, 2.05) is 30.3 Å². The van der Waals surface area contributed by atoms with Crippen molar-refractivity contribution in [3.05, 3.63) is 58.1 Å². The van der Waals surface area contributed by atoms with Crippen LogP contribution in [0.2, 0.25) is 0 Å². The van der Waals surface area contributed by atoms with Crippen LogP contribution in [0.5, 0.6) is 11.5 Å². The maximum atomic E-state index is 9.08. The summed E-state index contributed by atoms with van der Waals surface area (Å²) in [6, 6.07) is 14.9. The van der Waals surface area contributed by atoms with Crippen LogP contribution in [-0.4, -0.2) is 0 Å². The smallest absolute Gasteiger partial charge is 0.145 e. The first-order valence-electron chi connectivity index (χ1n) is 5.25. The monoisotopic (exact) mass is 321 g/mol. The zero-order valence-electron chi connectivity index (χ0n) is 9.36. The molecule has 0 heterocycles. The van der Waals surface area contributed by atoms with Crippen LogP contribution in [0.3, 0.4) is 0 Å². The molecule has 2 rings (SSSR count). The fraction of sp³-hybridized carbons (Fsp3) is 0.0714. The van der Waals surface area contributed by atoms with E-state index in [1.54, 1.807) is 12.1 Å². The summed E-state index contributed by atoms with van der Waals surface area (Å²) in [5.74, 6) is 1.61. The Kier molecular flexibility index (Phi) is 4.24. The van der Waals surface area contributed by atoms with Crippen LogP contribution in [0.15, 0.2) is 46.9 Å². The standard InChI is InChI=1S/C14H9BrClNO/c15-12-2-4-13(5-3-12)18-14-6-1-10(8-16)7-11(14)9-17/h1-7H,8H2. The SMILES string of the molecule is N#Cc1cc(CCl)ccc1Oc1ccc(Br)cc1. The van der Waals surface area contributed by atoms with Gasteiger partial charge in [0.05, 0.1) is 5.56 Å². The molecule has 0 aliphatic heterocycles. The van der Waals surface area contributed by atoms with Crippen LogP contribution in [0.1, 0.15) is 11.1 Å². The maximum Gasteiger partial charge on any atom is 0.145 e. The number of ether oxygens (including phenoxy) is 1. The molecule has 0 aromatic heterocycles. The van der Waals surface area contributed by atoms with E-state index in [9.17, 15) is 0 Å². The second kappa shape index (κ2) is 5.90. The number of hydrogen-bond acceptors (Lipinski definition) is 2. The first-order chi connectivity index (χ1) is 8.72. The van der Waals surface area contributed by atoms with Crippen LogP contribution >= 0.6 is 27.5 Å². The molecule has 0 saturated heterocycles. The predicted octanol–water partition coefficient (Wildman–Crippen LogP) is 4.85. The van der Waals surface area contributed by atoms with Gasteiger partial charge in [-0.2, -0.15) is 5.26 Å². The van der Waals surface area contributed by atoms with Crippen LogP contribution in [0.4, 0.5) is 0 Å². The molecule has 0 aliphatic rings. The Bertz CT molecular complexity index is 590. The lowest BCUT2D eigenvalue weighted by atomic mass is 10.1. The quantitative estimate of drug-likeness (QED) is 0.757. The molecule has 0 fully saturated rings. The number of nitrogens with zero attached hydrogens (tertiary/aromatic N) is 1. The summed E-state index contributed by atoms with van der Waals surface area (Å²) in [7, 11) is 0. The van der Waals surface area contributed by atoms with Gasteiger partial charge in [0, 0.05) is 10.4 Å². The zero-order valence-corrected chi connectivity index (χ0v) is 11.7. The van der Waals surface area contributed by atoms with Gasteiger partial charge in [0.2, 0.25) is 0 Å². The van der Waals surface area contributed by atoms with Gasteiger partial charge in [-0.05, 0) is 42.0 Å². The molecule has 0 saturated carbocycles. The molecule has 0 N–H and O–H groups in total. The average Bonchev–Trinajstić information content (AvgIpc) is 2.41. The van der Waals surface area contributed by atoms with Crippen molar-refractivity contribution in [2.45, 2.75) is 5.88 Å². The summed E-state index contributed by atoms with van der Waals surface area (Å²) in [5.41, 5.74) is 1.38. The van der Waals surface area contributed by atoms with E-state index in [1.165, 1.54) is 0 Å². The number of hydrogen-bond donors (Lipinski definition) is 0. The van der Waals surface area contributed by atoms with Crippen LogP contribution in [0, 0.1) is 11.3 Å². The second-order valence-electron chi connectivity index (χ2n) is 3.63. The van der Waals surface area contributed by atoms with Gasteiger partial charge in [-0.15, -0.1) is 11.6 Å². The van der Waals surface area contributed by atoms with Crippen molar-refractivity contribution in [2.75, 3.05) is 0 Å². The molecule has 2 aromatic rings. The van der Waals surface area contributed by atoms with Gasteiger partial charge in [0.1, 0.15) is 17.6 Å². The number of rotatable bonds is 3. The van der Waals surface area contributed by atoms with Gasteiger partial charge in [0.15, 0.2) is 0 Å². The highest BCUT2D eigenvalue weighted by Gasteiger charge is 2.05. The minimum atomic E-state index is 0.382. The molecular weight excluding hydrogens is 314 g/mol. The molecule has 4 heteroatoms. The summed E-state index contributed by atoms with van der Waals surface area (Å²) < 4.78 is 6.65. The summed E-state index contributed by atoms with van der Waals surface area (Å²) in [6.07, 6.45) is 0. The Morgan fingerprint density at radius 1 is 1.17 bits per heavy atom. The van der Waals surface area contributed by atoms with Crippen molar-refractivity contribution in [3.63, 3.8) is 0 Å². The molecule has 90 valence electrons.